The molecule has 2 aromatic heterocycles. The first kappa shape index (κ1) is 17.8. The molecule has 1 saturated heterocycles. The Kier molecular flexibility index (Phi) is 5.16. The highest BCUT2D eigenvalue weighted by atomic mass is 16.2. The third kappa shape index (κ3) is 3.82. The van der Waals surface area contributed by atoms with Gasteiger partial charge in [-0.05, 0) is 44.4 Å². The molecule has 1 fully saturated rings. The number of hydrogen-bond acceptors (Lipinski definition) is 4. The van der Waals surface area contributed by atoms with Gasteiger partial charge < -0.3 is 15.2 Å². The van der Waals surface area contributed by atoms with Gasteiger partial charge in [-0.1, -0.05) is 6.07 Å². The van der Waals surface area contributed by atoms with Crippen molar-refractivity contribution in [1.29, 1.82) is 0 Å². The Morgan fingerprint density at radius 3 is 2.85 bits per heavy atom. The molecule has 0 aromatic carbocycles. The molecular weight excluding hydrogens is 332 g/mol. The van der Waals surface area contributed by atoms with E-state index in [0.717, 1.165) is 18.4 Å². The fraction of sp³-hybridized carbons (Fsp3) is 0.368. The third-order valence-corrected chi connectivity index (χ3v) is 4.65. The van der Waals surface area contributed by atoms with E-state index in [1.54, 1.807) is 17.2 Å². The fourth-order valence-electron chi connectivity index (χ4n) is 3.10. The van der Waals surface area contributed by atoms with Crippen molar-refractivity contribution in [1.82, 2.24) is 14.9 Å². The fourth-order valence-corrected chi connectivity index (χ4v) is 3.10. The molecule has 0 spiro atoms. The number of aromatic nitrogens is 2. The van der Waals surface area contributed by atoms with Crippen molar-refractivity contribution >= 4 is 23.4 Å². The Bertz CT molecular complexity index is 843. The minimum Gasteiger partial charge on any atom is -0.356 e. The van der Waals surface area contributed by atoms with Crippen LogP contribution in [0.3, 0.4) is 0 Å². The highest BCUT2D eigenvalue weighted by Crippen LogP contribution is 2.21. The molecule has 0 radical (unpaired) electrons. The molecule has 1 aliphatic rings. The number of H-pyrrole nitrogens is 1. The van der Waals surface area contributed by atoms with Crippen LogP contribution in [-0.4, -0.2) is 45.6 Å². The second kappa shape index (κ2) is 7.51. The van der Waals surface area contributed by atoms with E-state index in [9.17, 15) is 14.4 Å². The van der Waals surface area contributed by atoms with Gasteiger partial charge in [0.2, 0.25) is 5.91 Å². The number of Topliss-reactive ketones (excluding diaryl/α,β-unsaturated/α-hetero) is 1. The summed E-state index contributed by atoms with van der Waals surface area (Å²) >= 11 is 0. The highest BCUT2D eigenvalue weighted by Gasteiger charge is 2.30. The lowest BCUT2D eigenvalue weighted by Crippen LogP contribution is -2.44. The number of nitrogens with zero attached hydrogens (tertiary/aromatic N) is 2. The van der Waals surface area contributed by atoms with Crippen LogP contribution in [0.2, 0.25) is 0 Å². The maximum absolute atomic E-state index is 12.7. The van der Waals surface area contributed by atoms with Crippen LogP contribution < -0.4 is 5.32 Å². The number of amides is 2. The number of nitrogens with one attached hydrogen (secondary N) is 2. The summed E-state index contributed by atoms with van der Waals surface area (Å²) in [6.07, 6.45) is 4.65. The first-order chi connectivity index (χ1) is 12.5. The Labute approximate surface area is 151 Å². The predicted octanol–water partition coefficient (Wildman–Crippen LogP) is 2.41. The lowest BCUT2D eigenvalue weighted by atomic mass is 9.96. The summed E-state index contributed by atoms with van der Waals surface area (Å²) < 4.78 is 0. The molecule has 2 N–H and O–H groups in total. The molecule has 2 aromatic rings. The number of anilines is 1. The molecule has 3 heterocycles. The van der Waals surface area contributed by atoms with Crippen molar-refractivity contribution in [2.45, 2.75) is 26.7 Å². The lowest BCUT2D eigenvalue weighted by Gasteiger charge is -2.31. The predicted molar refractivity (Wildman–Crippen MR) is 97.0 cm³/mol. The van der Waals surface area contributed by atoms with Gasteiger partial charge in [0.15, 0.2) is 5.78 Å². The summed E-state index contributed by atoms with van der Waals surface area (Å²) in [6, 6.07) is 5.26. The van der Waals surface area contributed by atoms with Gasteiger partial charge in [0.25, 0.3) is 5.91 Å². The molecule has 26 heavy (non-hydrogen) atoms. The van der Waals surface area contributed by atoms with Crippen LogP contribution in [0.4, 0.5) is 5.82 Å². The third-order valence-electron chi connectivity index (χ3n) is 4.65. The number of aromatic amines is 1. The minimum absolute atomic E-state index is 0.0954. The SMILES string of the molecule is CC(=O)c1c[nH]c(C(=O)N2CCCC(C(=O)Nc3ncccc3C)C2)c1. The number of carbonyl (C=O) groups is 3. The number of rotatable bonds is 4. The Hall–Kier alpha value is -2.96. The molecule has 1 atom stereocenters. The number of ketones is 1. The van der Waals surface area contributed by atoms with Gasteiger partial charge in [-0.15, -0.1) is 0 Å². The Morgan fingerprint density at radius 2 is 2.15 bits per heavy atom. The number of hydrogen-bond donors (Lipinski definition) is 2. The number of pyridine rings is 1. The molecule has 7 nitrogen and oxygen atoms in total. The molecule has 0 bridgehead atoms. The average molecular weight is 354 g/mol. The number of piperidine rings is 1. The van der Waals surface area contributed by atoms with Gasteiger partial charge in [0, 0.05) is 31.0 Å². The van der Waals surface area contributed by atoms with Crippen LogP contribution in [0.15, 0.2) is 30.6 Å². The molecule has 0 aliphatic carbocycles. The van der Waals surface area contributed by atoms with Crippen LogP contribution in [0.25, 0.3) is 0 Å². The normalized spacial score (nSPS) is 17.0. The van der Waals surface area contributed by atoms with Crippen molar-refractivity contribution in [3.8, 4) is 0 Å². The second-order valence-corrected chi connectivity index (χ2v) is 6.61. The lowest BCUT2D eigenvalue weighted by molar-refractivity contribution is -0.121. The molecule has 1 aliphatic heterocycles. The first-order valence-corrected chi connectivity index (χ1v) is 8.67. The smallest absolute Gasteiger partial charge is 0.270 e. The van der Waals surface area contributed by atoms with Crippen LogP contribution in [0.5, 0.6) is 0 Å². The Morgan fingerprint density at radius 1 is 1.35 bits per heavy atom. The summed E-state index contributed by atoms with van der Waals surface area (Å²) in [4.78, 5) is 45.3. The molecule has 136 valence electrons. The zero-order valence-corrected chi connectivity index (χ0v) is 14.9. The number of likely N-dealkylation sites (tertiary alicyclic amines) is 1. The van der Waals surface area contributed by atoms with Gasteiger partial charge in [-0.2, -0.15) is 0 Å². The van der Waals surface area contributed by atoms with Crippen LogP contribution in [0, 0.1) is 12.8 Å². The largest absolute Gasteiger partial charge is 0.356 e. The minimum atomic E-state index is -0.281. The van der Waals surface area contributed by atoms with Gasteiger partial charge in [-0.3, -0.25) is 14.4 Å². The monoisotopic (exact) mass is 354 g/mol. The van der Waals surface area contributed by atoms with E-state index in [-0.39, 0.29) is 23.5 Å². The van der Waals surface area contributed by atoms with Crippen LogP contribution in [0.1, 0.15) is 46.2 Å². The molecule has 0 saturated carbocycles. The maximum atomic E-state index is 12.7. The number of carbonyl (C=O) groups excluding carboxylic acids is 3. The van der Waals surface area contributed by atoms with Crippen molar-refractivity contribution < 1.29 is 14.4 Å². The zero-order valence-electron chi connectivity index (χ0n) is 14.9. The topological polar surface area (TPSA) is 95.2 Å². The van der Waals surface area contributed by atoms with Crippen molar-refractivity contribution in [3.05, 3.63) is 47.4 Å². The summed E-state index contributed by atoms with van der Waals surface area (Å²) in [5.41, 5.74) is 1.75. The summed E-state index contributed by atoms with van der Waals surface area (Å²) in [5.74, 6) is -0.140. The van der Waals surface area contributed by atoms with Crippen molar-refractivity contribution in [2.24, 2.45) is 5.92 Å². The van der Waals surface area contributed by atoms with E-state index >= 15 is 0 Å². The first-order valence-electron chi connectivity index (χ1n) is 8.67. The van der Waals surface area contributed by atoms with Gasteiger partial charge in [0.05, 0.1) is 5.92 Å². The van der Waals surface area contributed by atoms with E-state index in [4.69, 9.17) is 0 Å². The van der Waals surface area contributed by atoms with Crippen LogP contribution >= 0.6 is 0 Å². The summed E-state index contributed by atoms with van der Waals surface area (Å²) in [5, 5.41) is 2.86. The van der Waals surface area contributed by atoms with E-state index in [2.05, 4.69) is 15.3 Å². The van der Waals surface area contributed by atoms with Gasteiger partial charge in [0.1, 0.15) is 11.5 Å². The van der Waals surface area contributed by atoms with E-state index in [1.165, 1.54) is 13.1 Å². The van der Waals surface area contributed by atoms with Crippen molar-refractivity contribution in [3.63, 3.8) is 0 Å². The molecule has 2 amide bonds. The molecule has 1 unspecified atom stereocenters. The molecular formula is C19H22N4O3. The second-order valence-electron chi connectivity index (χ2n) is 6.61. The van der Waals surface area contributed by atoms with E-state index < -0.39 is 0 Å². The van der Waals surface area contributed by atoms with Crippen LogP contribution in [-0.2, 0) is 4.79 Å². The summed E-state index contributed by atoms with van der Waals surface area (Å²) in [7, 11) is 0. The molecule has 7 heteroatoms. The number of aryl methyl sites for hydroxylation is 1. The zero-order chi connectivity index (χ0) is 18.7. The maximum Gasteiger partial charge on any atom is 0.270 e. The van der Waals surface area contributed by atoms with E-state index in [1.807, 2.05) is 19.1 Å². The van der Waals surface area contributed by atoms with Gasteiger partial charge >= 0.3 is 0 Å². The highest BCUT2D eigenvalue weighted by molar-refractivity contribution is 5.99. The summed E-state index contributed by atoms with van der Waals surface area (Å²) in [6.45, 7) is 4.29. The Balaban J connectivity index is 1.66. The quantitative estimate of drug-likeness (QED) is 0.824. The van der Waals surface area contributed by atoms with Crippen molar-refractivity contribution in [2.75, 3.05) is 18.4 Å². The van der Waals surface area contributed by atoms with E-state index in [0.29, 0.717) is 30.2 Å². The standard InChI is InChI=1S/C19H22N4O3/c1-12-5-3-7-20-17(12)22-18(25)14-6-4-8-23(11-14)19(26)16-9-15(10-21-16)13(2)24/h3,5,7,9-10,14,21H,4,6,8,11H2,1-2H3,(H,20,22,25). The van der Waals surface area contributed by atoms with Gasteiger partial charge in [-0.25, -0.2) is 4.98 Å². The average Bonchev–Trinajstić information content (AvgIpc) is 3.13. The molecule has 3 rings (SSSR count).